The zero-order valence-corrected chi connectivity index (χ0v) is 14.9. The summed E-state index contributed by atoms with van der Waals surface area (Å²) in [4.78, 5) is 16.7. The Kier molecular flexibility index (Phi) is 6.14. The molecule has 0 unspecified atom stereocenters. The summed E-state index contributed by atoms with van der Waals surface area (Å²) in [6, 6.07) is 11.1. The number of nitrogens with zero attached hydrogens (tertiary/aromatic N) is 2. The number of benzene rings is 1. The topological polar surface area (TPSA) is 78.2 Å². The van der Waals surface area contributed by atoms with E-state index in [1.165, 1.54) is 0 Å². The summed E-state index contributed by atoms with van der Waals surface area (Å²) in [5.74, 6) is 1.52. The highest BCUT2D eigenvalue weighted by atomic mass is 16.5. The molecular weight excluding hydrogens is 334 g/mol. The van der Waals surface area contributed by atoms with Crippen molar-refractivity contribution in [1.29, 1.82) is 0 Å². The van der Waals surface area contributed by atoms with Gasteiger partial charge in [0.1, 0.15) is 11.5 Å². The van der Waals surface area contributed by atoms with Gasteiger partial charge in [0.25, 0.3) is 0 Å². The van der Waals surface area contributed by atoms with Crippen molar-refractivity contribution in [2.45, 2.75) is 19.0 Å². The molecule has 140 valence electrons. The monoisotopic (exact) mass is 359 g/mol. The molecule has 2 heterocycles. The number of amides is 2. The predicted molar refractivity (Wildman–Crippen MR) is 98.2 cm³/mol. The smallest absolute Gasteiger partial charge is 0.322 e. The Morgan fingerprint density at radius 3 is 2.88 bits per heavy atom. The lowest BCUT2D eigenvalue weighted by Gasteiger charge is -2.41. The SMILES string of the molecule is COc1ccccc1NC(=O)N1CCN(Cc2ccco2)[C@@H](CCO)C1. The van der Waals surface area contributed by atoms with Crippen LogP contribution in [0, 0.1) is 0 Å². The van der Waals surface area contributed by atoms with E-state index in [0.717, 1.165) is 12.3 Å². The van der Waals surface area contributed by atoms with Crippen LogP contribution in [0.2, 0.25) is 0 Å². The van der Waals surface area contributed by atoms with Gasteiger partial charge >= 0.3 is 6.03 Å². The summed E-state index contributed by atoms with van der Waals surface area (Å²) in [5.41, 5.74) is 0.650. The van der Waals surface area contributed by atoms with Crippen LogP contribution >= 0.6 is 0 Å². The van der Waals surface area contributed by atoms with E-state index in [1.54, 1.807) is 18.3 Å². The van der Waals surface area contributed by atoms with Gasteiger partial charge in [-0.05, 0) is 30.7 Å². The summed E-state index contributed by atoms with van der Waals surface area (Å²) in [6.07, 6.45) is 2.27. The number of hydrogen-bond donors (Lipinski definition) is 2. The van der Waals surface area contributed by atoms with Crippen LogP contribution in [0.25, 0.3) is 0 Å². The lowest BCUT2D eigenvalue weighted by molar-refractivity contribution is 0.0669. The first-order valence-corrected chi connectivity index (χ1v) is 8.77. The number of carbonyl (C=O) groups is 1. The molecule has 0 spiro atoms. The Morgan fingerprint density at radius 1 is 1.31 bits per heavy atom. The predicted octanol–water partition coefficient (Wildman–Crippen LogP) is 2.39. The molecule has 1 aliphatic rings. The molecule has 7 nitrogen and oxygen atoms in total. The molecule has 3 rings (SSSR count). The number of ether oxygens (including phenoxy) is 1. The van der Waals surface area contributed by atoms with Crippen LogP contribution in [0.5, 0.6) is 5.75 Å². The highest BCUT2D eigenvalue weighted by Crippen LogP contribution is 2.24. The molecule has 2 N–H and O–H groups in total. The largest absolute Gasteiger partial charge is 0.495 e. The fourth-order valence-electron chi connectivity index (χ4n) is 3.25. The number of hydrogen-bond acceptors (Lipinski definition) is 5. The Hall–Kier alpha value is -2.51. The number of rotatable bonds is 6. The number of anilines is 1. The van der Waals surface area contributed by atoms with Gasteiger partial charge in [0.15, 0.2) is 0 Å². The van der Waals surface area contributed by atoms with Crippen molar-refractivity contribution in [3.63, 3.8) is 0 Å². The second-order valence-electron chi connectivity index (χ2n) is 6.29. The summed E-state index contributed by atoms with van der Waals surface area (Å²) >= 11 is 0. The number of urea groups is 1. The van der Waals surface area contributed by atoms with Gasteiger partial charge in [0, 0.05) is 32.3 Å². The number of para-hydroxylation sites is 2. The van der Waals surface area contributed by atoms with Crippen molar-refractivity contribution >= 4 is 11.7 Å². The van der Waals surface area contributed by atoms with Crippen LogP contribution in [0.15, 0.2) is 47.1 Å². The van der Waals surface area contributed by atoms with E-state index in [9.17, 15) is 9.90 Å². The van der Waals surface area contributed by atoms with Gasteiger partial charge in [0.05, 0.1) is 25.6 Å². The van der Waals surface area contributed by atoms with Crippen LogP contribution in [-0.4, -0.2) is 60.3 Å². The molecule has 1 atom stereocenters. The molecule has 2 aromatic rings. The summed E-state index contributed by atoms with van der Waals surface area (Å²) < 4.78 is 10.7. The second kappa shape index (κ2) is 8.73. The first-order chi connectivity index (χ1) is 12.7. The van der Waals surface area contributed by atoms with Gasteiger partial charge in [-0.3, -0.25) is 4.90 Å². The number of nitrogens with one attached hydrogen (secondary N) is 1. The third-order valence-electron chi connectivity index (χ3n) is 4.64. The van der Waals surface area contributed by atoms with Crippen LogP contribution in [0.1, 0.15) is 12.2 Å². The number of piperazine rings is 1. The van der Waals surface area contributed by atoms with E-state index < -0.39 is 0 Å². The standard InChI is InChI=1S/C19H25N3O4/c1-25-18-7-3-2-6-17(18)20-19(24)22-10-9-21(15(13-22)8-11-23)14-16-5-4-12-26-16/h2-7,12,15,23H,8-11,13-14H2,1H3,(H,20,24)/t15-/m0/s1. The maximum atomic E-state index is 12.7. The van der Waals surface area contributed by atoms with E-state index in [0.29, 0.717) is 37.5 Å². The van der Waals surface area contributed by atoms with Crippen molar-refractivity contribution in [1.82, 2.24) is 9.80 Å². The van der Waals surface area contributed by atoms with Crippen LogP contribution in [-0.2, 0) is 6.54 Å². The summed E-state index contributed by atoms with van der Waals surface area (Å²) in [5, 5.41) is 12.3. The number of aliphatic hydroxyl groups excluding tert-OH is 1. The van der Waals surface area contributed by atoms with Crippen molar-refractivity contribution in [3.8, 4) is 5.75 Å². The van der Waals surface area contributed by atoms with Crippen LogP contribution in [0.3, 0.4) is 0 Å². The number of furan rings is 1. The molecule has 2 amide bonds. The quantitative estimate of drug-likeness (QED) is 0.828. The van der Waals surface area contributed by atoms with E-state index in [1.807, 2.05) is 36.4 Å². The lowest BCUT2D eigenvalue weighted by Crippen LogP contribution is -2.55. The third kappa shape index (κ3) is 4.36. The van der Waals surface area contributed by atoms with Gasteiger partial charge in [-0.1, -0.05) is 12.1 Å². The number of aliphatic hydroxyl groups is 1. The highest BCUT2D eigenvalue weighted by Gasteiger charge is 2.30. The maximum absolute atomic E-state index is 12.7. The highest BCUT2D eigenvalue weighted by molar-refractivity contribution is 5.91. The van der Waals surface area contributed by atoms with Gasteiger partial charge in [0.2, 0.25) is 0 Å². The molecule has 26 heavy (non-hydrogen) atoms. The lowest BCUT2D eigenvalue weighted by atomic mass is 10.1. The first-order valence-electron chi connectivity index (χ1n) is 8.77. The maximum Gasteiger partial charge on any atom is 0.322 e. The minimum atomic E-state index is -0.157. The molecule has 1 saturated heterocycles. The molecule has 1 aliphatic heterocycles. The van der Waals surface area contributed by atoms with Crippen molar-refractivity contribution in [2.24, 2.45) is 0 Å². The summed E-state index contributed by atoms with van der Waals surface area (Å²) in [7, 11) is 1.58. The number of methoxy groups -OCH3 is 1. The zero-order chi connectivity index (χ0) is 18.4. The average Bonchev–Trinajstić information content (AvgIpc) is 3.17. The molecule has 1 aromatic carbocycles. The minimum absolute atomic E-state index is 0.0846. The molecule has 1 fully saturated rings. The third-order valence-corrected chi connectivity index (χ3v) is 4.64. The Labute approximate surface area is 153 Å². The van der Waals surface area contributed by atoms with Crippen LogP contribution in [0.4, 0.5) is 10.5 Å². The molecule has 0 radical (unpaired) electrons. The van der Waals surface area contributed by atoms with E-state index in [4.69, 9.17) is 9.15 Å². The van der Waals surface area contributed by atoms with E-state index in [-0.39, 0.29) is 18.7 Å². The molecule has 0 aliphatic carbocycles. The van der Waals surface area contributed by atoms with Crippen molar-refractivity contribution in [3.05, 3.63) is 48.4 Å². The average molecular weight is 359 g/mol. The Morgan fingerprint density at radius 2 is 2.15 bits per heavy atom. The molecule has 7 heteroatoms. The fraction of sp³-hybridized carbons (Fsp3) is 0.421. The van der Waals surface area contributed by atoms with E-state index >= 15 is 0 Å². The second-order valence-corrected chi connectivity index (χ2v) is 6.29. The Bertz CT molecular complexity index is 705. The van der Waals surface area contributed by atoms with Crippen molar-refractivity contribution < 1.29 is 19.1 Å². The zero-order valence-electron chi connectivity index (χ0n) is 14.9. The van der Waals surface area contributed by atoms with Crippen LogP contribution < -0.4 is 10.1 Å². The Balaban J connectivity index is 1.63. The molecule has 1 aromatic heterocycles. The normalized spacial score (nSPS) is 17.9. The van der Waals surface area contributed by atoms with Gasteiger partial charge < -0.3 is 24.5 Å². The number of carbonyl (C=O) groups excluding carboxylic acids is 1. The fourth-order valence-corrected chi connectivity index (χ4v) is 3.25. The first kappa shape index (κ1) is 18.3. The molecule has 0 saturated carbocycles. The molecular formula is C19H25N3O4. The minimum Gasteiger partial charge on any atom is -0.495 e. The summed E-state index contributed by atoms with van der Waals surface area (Å²) in [6.45, 7) is 2.66. The van der Waals surface area contributed by atoms with Gasteiger partial charge in [-0.25, -0.2) is 4.79 Å². The molecule has 0 bridgehead atoms. The van der Waals surface area contributed by atoms with Crippen molar-refractivity contribution in [2.75, 3.05) is 38.7 Å². The van der Waals surface area contributed by atoms with Gasteiger partial charge in [-0.2, -0.15) is 0 Å². The van der Waals surface area contributed by atoms with E-state index in [2.05, 4.69) is 10.2 Å². The van der Waals surface area contributed by atoms with Gasteiger partial charge in [-0.15, -0.1) is 0 Å².